The normalized spacial score (nSPS) is 12.1. The number of hydrogen-bond acceptors (Lipinski definition) is 3. The quantitative estimate of drug-likeness (QED) is 0.430. The molecule has 0 aliphatic rings. The minimum Gasteiger partial charge on any atom is -0.504 e. The Morgan fingerprint density at radius 3 is 2.71 bits per heavy atom. The molecule has 3 N–H and O–H groups in total. The van der Waals surface area contributed by atoms with Crippen molar-refractivity contribution in [3.8, 4) is 11.5 Å². The third kappa shape index (κ3) is 4.53. The fourth-order valence-electron chi connectivity index (χ4n) is 1.35. The molecule has 0 saturated carbocycles. The number of halogens is 1. The minimum absolute atomic E-state index is 0.101. The van der Waals surface area contributed by atoms with Gasteiger partial charge >= 0.3 is 0 Å². The smallest absolute Gasteiger partial charge is 0.251 e. The van der Waals surface area contributed by atoms with Crippen LogP contribution in [-0.4, -0.2) is 28.0 Å². The molecule has 17 heavy (non-hydrogen) atoms. The van der Waals surface area contributed by atoms with E-state index in [1.807, 2.05) is 6.92 Å². The molecule has 1 unspecified atom stereocenters. The van der Waals surface area contributed by atoms with Crippen LogP contribution in [0.4, 0.5) is 0 Å². The van der Waals surface area contributed by atoms with Gasteiger partial charge in [-0.25, -0.2) is 0 Å². The van der Waals surface area contributed by atoms with Gasteiger partial charge in [0, 0.05) is 17.5 Å². The van der Waals surface area contributed by atoms with Gasteiger partial charge in [0.15, 0.2) is 11.5 Å². The van der Waals surface area contributed by atoms with E-state index in [4.69, 9.17) is 16.7 Å². The summed E-state index contributed by atoms with van der Waals surface area (Å²) in [7, 11) is 0. The van der Waals surface area contributed by atoms with Crippen LogP contribution in [0.1, 0.15) is 30.1 Å². The first kappa shape index (κ1) is 13.6. The van der Waals surface area contributed by atoms with E-state index in [-0.39, 0.29) is 22.8 Å². The van der Waals surface area contributed by atoms with Gasteiger partial charge in [0.2, 0.25) is 0 Å². The predicted molar refractivity (Wildman–Crippen MR) is 66.7 cm³/mol. The van der Waals surface area contributed by atoms with Crippen molar-refractivity contribution in [2.24, 2.45) is 0 Å². The molecule has 1 atom stereocenters. The molecule has 0 heterocycles. The lowest BCUT2D eigenvalue weighted by Gasteiger charge is -2.06. The molecule has 0 fully saturated rings. The monoisotopic (exact) mass is 257 g/mol. The van der Waals surface area contributed by atoms with Crippen molar-refractivity contribution in [3.63, 3.8) is 0 Å². The second-order valence-electron chi connectivity index (χ2n) is 3.88. The fraction of sp³-hybridized carbons (Fsp3) is 0.417. The standard InChI is InChI=1S/C12H16ClNO3/c1-8(13)3-2-6-14-12(17)9-4-5-10(15)11(16)7-9/h4-5,7-8,15-16H,2-3,6H2,1H3,(H,14,17). The molecular weight excluding hydrogens is 242 g/mol. The molecule has 1 aromatic rings. The highest BCUT2D eigenvalue weighted by Gasteiger charge is 2.08. The summed E-state index contributed by atoms with van der Waals surface area (Å²) < 4.78 is 0. The molecule has 0 bridgehead atoms. The minimum atomic E-state index is -0.299. The Bertz CT molecular complexity index is 393. The molecule has 0 aromatic heterocycles. The molecule has 0 radical (unpaired) electrons. The van der Waals surface area contributed by atoms with Gasteiger partial charge in [-0.05, 0) is 38.0 Å². The number of carbonyl (C=O) groups excluding carboxylic acids is 1. The van der Waals surface area contributed by atoms with Crippen LogP contribution in [0.2, 0.25) is 0 Å². The summed E-state index contributed by atoms with van der Waals surface area (Å²) in [5.74, 6) is -0.813. The van der Waals surface area contributed by atoms with Crippen LogP contribution in [-0.2, 0) is 0 Å². The lowest BCUT2D eigenvalue weighted by molar-refractivity contribution is 0.0952. The molecule has 0 saturated heterocycles. The number of alkyl halides is 1. The number of aromatic hydroxyl groups is 2. The molecular formula is C12H16ClNO3. The molecule has 1 aromatic carbocycles. The number of carbonyl (C=O) groups is 1. The van der Waals surface area contributed by atoms with Crippen molar-refractivity contribution in [1.29, 1.82) is 0 Å². The highest BCUT2D eigenvalue weighted by molar-refractivity contribution is 6.20. The topological polar surface area (TPSA) is 69.6 Å². The van der Waals surface area contributed by atoms with Gasteiger partial charge < -0.3 is 15.5 Å². The van der Waals surface area contributed by atoms with Crippen LogP contribution in [0.5, 0.6) is 11.5 Å². The Morgan fingerprint density at radius 2 is 2.12 bits per heavy atom. The molecule has 1 amide bonds. The second-order valence-corrected chi connectivity index (χ2v) is 4.63. The van der Waals surface area contributed by atoms with Gasteiger partial charge in [-0.3, -0.25) is 4.79 Å². The van der Waals surface area contributed by atoms with Crippen LogP contribution in [0.25, 0.3) is 0 Å². The molecule has 0 spiro atoms. The number of phenols is 2. The lowest BCUT2D eigenvalue weighted by Crippen LogP contribution is -2.24. The summed E-state index contributed by atoms with van der Waals surface area (Å²) >= 11 is 5.77. The van der Waals surface area contributed by atoms with E-state index in [2.05, 4.69) is 5.32 Å². The SMILES string of the molecule is CC(Cl)CCCNC(=O)c1ccc(O)c(O)c1. The maximum Gasteiger partial charge on any atom is 0.251 e. The maximum atomic E-state index is 11.6. The summed E-state index contributed by atoms with van der Waals surface area (Å²) in [6.07, 6.45) is 1.64. The molecule has 0 aliphatic carbocycles. The molecule has 94 valence electrons. The van der Waals surface area contributed by atoms with Gasteiger partial charge in [-0.2, -0.15) is 0 Å². The summed E-state index contributed by atoms with van der Waals surface area (Å²) in [6, 6.07) is 3.97. The van der Waals surface area contributed by atoms with Gasteiger partial charge in [0.1, 0.15) is 0 Å². The Morgan fingerprint density at radius 1 is 1.41 bits per heavy atom. The number of phenolic OH excluding ortho intramolecular Hbond substituents is 2. The first-order valence-electron chi connectivity index (χ1n) is 5.45. The second kappa shape index (κ2) is 6.35. The van der Waals surface area contributed by atoms with E-state index < -0.39 is 0 Å². The number of rotatable bonds is 5. The first-order chi connectivity index (χ1) is 8.00. The van der Waals surface area contributed by atoms with E-state index in [1.54, 1.807) is 0 Å². The highest BCUT2D eigenvalue weighted by Crippen LogP contribution is 2.24. The van der Waals surface area contributed by atoms with Crippen molar-refractivity contribution in [1.82, 2.24) is 5.32 Å². The van der Waals surface area contributed by atoms with Crippen LogP contribution >= 0.6 is 11.6 Å². The van der Waals surface area contributed by atoms with E-state index in [9.17, 15) is 9.90 Å². The number of benzene rings is 1. The van der Waals surface area contributed by atoms with E-state index in [0.29, 0.717) is 12.1 Å². The lowest BCUT2D eigenvalue weighted by atomic mass is 10.2. The highest BCUT2D eigenvalue weighted by atomic mass is 35.5. The average Bonchev–Trinajstić information content (AvgIpc) is 2.27. The summed E-state index contributed by atoms with van der Waals surface area (Å²) in [5.41, 5.74) is 0.319. The average molecular weight is 258 g/mol. The van der Waals surface area contributed by atoms with Crippen molar-refractivity contribution >= 4 is 17.5 Å². The van der Waals surface area contributed by atoms with Crippen LogP contribution < -0.4 is 5.32 Å². The molecule has 5 heteroatoms. The Labute approximate surface area is 105 Å². The fourth-order valence-corrected chi connectivity index (χ4v) is 1.51. The summed E-state index contributed by atoms with van der Waals surface area (Å²) in [4.78, 5) is 11.6. The van der Waals surface area contributed by atoms with Gasteiger partial charge in [-0.1, -0.05) is 0 Å². The molecule has 1 rings (SSSR count). The van der Waals surface area contributed by atoms with Crippen molar-refractivity contribution in [2.45, 2.75) is 25.1 Å². The van der Waals surface area contributed by atoms with Crippen molar-refractivity contribution in [3.05, 3.63) is 23.8 Å². The number of hydrogen-bond donors (Lipinski definition) is 3. The number of amides is 1. The van der Waals surface area contributed by atoms with Crippen LogP contribution in [0.15, 0.2) is 18.2 Å². The third-order valence-electron chi connectivity index (χ3n) is 2.30. The summed E-state index contributed by atoms with van der Waals surface area (Å²) in [6.45, 7) is 2.44. The van der Waals surface area contributed by atoms with Gasteiger partial charge in [-0.15, -0.1) is 11.6 Å². The maximum absolute atomic E-state index is 11.6. The summed E-state index contributed by atoms with van der Waals surface area (Å²) in [5, 5.41) is 21.2. The van der Waals surface area contributed by atoms with Gasteiger partial charge in [0.25, 0.3) is 5.91 Å². The van der Waals surface area contributed by atoms with E-state index in [1.165, 1.54) is 18.2 Å². The molecule has 0 aliphatic heterocycles. The first-order valence-corrected chi connectivity index (χ1v) is 5.88. The van der Waals surface area contributed by atoms with Crippen LogP contribution in [0.3, 0.4) is 0 Å². The van der Waals surface area contributed by atoms with Crippen LogP contribution in [0, 0.1) is 0 Å². The van der Waals surface area contributed by atoms with Gasteiger partial charge in [0.05, 0.1) is 0 Å². The Hall–Kier alpha value is -1.42. The van der Waals surface area contributed by atoms with E-state index >= 15 is 0 Å². The number of nitrogens with one attached hydrogen (secondary N) is 1. The zero-order chi connectivity index (χ0) is 12.8. The third-order valence-corrected chi connectivity index (χ3v) is 2.52. The zero-order valence-electron chi connectivity index (χ0n) is 9.61. The Balaban J connectivity index is 2.44. The van der Waals surface area contributed by atoms with Crippen molar-refractivity contribution < 1.29 is 15.0 Å². The van der Waals surface area contributed by atoms with E-state index in [0.717, 1.165) is 12.8 Å². The van der Waals surface area contributed by atoms with Crippen molar-refractivity contribution in [2.75, 3.05) is 6.54 Å². The molecule has 4 nitrogen and oxygen atoms in total. The largest absolute Gasteiger partial charge is 0.504 e. The Kier molecular flexibility index (Phi) is 5.10. The zero-order valence-corrected chi connectivity index (χ0v) is 10.4. The predicted octanol–water partition coefficient (Wildman–Crippen LogP) is 2.24.